The monoisotopic (exact) mass is 353 g/mol. The van der Waals surface area contributed by atoms with E-state index in [9.17, 15) is 4.79 Å². The maximum absolute atomic E-state index is 11.6. The molecule has 0 saturated heterocycles. The van der Waals surface area contributed by atoms with Gasteiger partial charge < -0.3 is 15.4 Å². The van der Waals surface area contributed by atoms with Gasteiger partial charge in [-0.3, -0.25) is 4.79 Å². The number of hydrogen-bond donors (Lipinski definition) is 2. The molecular formula is C15H20BrN3O2. The first kappa shape index (κ1) is 17.5. The number of carbonyl (C=O) groups excluding carboxylic acids is 1. The van der Waals surface area contributed by atoms with Crippen molar-refractivity contribution in [2.24, 2.45) is 0 Å². The molecule has 0 atom stereocenters. The van der Waals surface area contributed by atoms with Crippen molar-refractivity contribution < 1.29 is 9.53 Å². The Morgan fingerprint density at radius 1 is 1.48 bits per heavy atom. The molecule has 1 amide bonds. The van der Waals surface area contributed by atoms with Crippen LogP contribution in [-0.2, 0) is 11.3 Å². The molecule has 5 nitrogen and oxygen atoms in total. The number of amides is 1. The van der Waals surface area contributed by atoms with E-state index in [4.69, 9.17) is 10.00 Å². The van der Waals surface area contributed by atoms with E-state index in [0.717, 1.165) is 10.0 Å². The van der Waals surface area contributed by atoms with Crippen LogP contribution in [0.1, 0.15) is 25.8 Å². The van der Waals surface area contributed by atoms with E-state index >= 15 is 0 Å². The largest absolute Gasteiger partial charge is 0.482 e. The van der Waals surface area contributed by atoms with Gasteiger partial charge in [0.05, 0.1) is 17.0 Å². The molecule has 0 aliphatic rings. The topological polar surface area (TPSA) is 74.2 Å². The third kappa shape index (κ3) is 6.61. The number of halogens is 1. The second kappa shape index (κ2) is 9.37. The van der Waals surface area contributed by atoms with E-state index in [1.54, 1.807) is 0 Å². The Hall–Kier alpha value is -1.58. The SMILES string of the molecule is CC(C)NCc1cccc(Br)c1OCC(=O)NCCC#N. The number of rotatable bonds is 8. The molecule has 0 aliphatic heterocycles. The quantitative estimate of drug-likeness (QED) is 0.703. The molecule has 0 aromatic heterocycles. The molecule has 1 rings (SSSR count). The zero-order valence-electron chi connectivity index (χ0n) is 12.3. The van der Waals surface area contributed by atoms with Gasteiger partial charge in [0.25, 0.3) is 5.91 Å². The van der Waals surface area contributed by atoms with E-state index in [1.807, 2.05) is 24.3 Å². The van der Waals surface area contributed by atoms with Crippen molar-refractivity contribution in [2.75, 3.05) is 13.2 Å². The summed E-state index contributed by atoms with van der Waals surface area (Å²) in [4.78, 5) is 11.6. The lowest BCUT2D eigenvalue weighted by molar-refractivity contribution is -0.123. The number of ether oxygens (including phenoxy) is 1. The van der Waals surface area contributed by atoms with Gasteiger partial charge in [0, 0.05) is 24.7 Å². The fourth-order valence-corrected chi connectivity index (χ4v) is 2.14. The Bertz CT molecular complexity index is 512. The van der Waals surface area contributed by atoms with Gasteiger partial charge in [-0.05, 0) is 22.0 Å². The van der Waals surface area contributed by atoms with Crippen molar-refractivity contribution in [3.8, 4) is 11.8 Å². The fraction of sp³-hybridized carbons (Fsp3) is 0.467. The molecule has 114 valence electrons. The number of nitrogens with one attached hydrogen (secondary N) is 2. The lowest BCUT2D eigenvalue weighted by Gasteiger charge is -2.15. The highest BCUT2D eigenvalue weighted by Crippen LogP contribution is 2.29. The second-order valence-electron chi connectivity index (χ2n) is 4.81. The zero-order chi connectivity index (χ0) is 15.7. The molecule has 1 aromatic rings. The number of carbonyl (C=O) groups is 1. The fourth-order valence-electron chi connectivity index (χ4n) is 1.62. The minimum atomic E-state index is -0.233. The first-order valence-corrected chi connectivity index (χ1v) is 7.61. The molecule has 0 bridgehead atoms. The van der Waals surface area contributed by atoms with Gasteiger partial charge in [0.1, 0.15) is 5.75 Å². The number of hydrogen-bond acceptors (Lipinski definition) is 4. The molecule has 0 heterocycles. The van der Waals surface area contributed by atoms with E-state index < -0.39 is 0 Å². The molecule has 21 heavy (non-hydrogen) atoms. The Kier molecular flexibility index (Phi) is 7.80. The molecule has 0 spiro atoms. The third-order valence-electron chi connectivity index (χ3n) is 2.66. The summed E-state index contributed by atoms with van der Waals surface area (Å²) in [6, 6.07) is 8.11. The maximum Gasteiger partial charge on any atom is 0.257 e. The summed E-state index contributed by atoms with van der Waals surface area (Å²) >= 11 is 3.44. The Morgan fingerprint density at radius 3 is 2.90 bits per heavy atom. The Balaban J connectivity index is 2.60. The van der Waals surface area contributed by atoms with Gasteiger partial charge in [0.2, 0.25) is 0 Å². The first-order chi connectivity index (χ1) is 10.0. The summed E-state index contributed by atoms with van der Waals surface area (Å²) < 4.78 is 6.43. The van der Waals surface area contributed by atoms with Gasteiger partial charge in [-0.1, -0.05) is 26.0 Å². The Morgan fingerprint density at radius 2 is 2.24 bits per heavy atom. The molecular weight excluding hydrogens is 334 g/mol. The van der Waals surface area contributed by atoms with Crippen molar-refractivity contribution in [3.63, 3.8) is 0 Å². The molecule has 0 fully saturated rings. The van der Waals surface area contributed by atoms with E-state index in [0.29, 0.717) is 31.3 Å². The second-order valence-corrected chi connectivity index (χ2v) is 5.66. The predicted octanol–water partition coefficient (Wildman–Crippen LogP) is 2.36. The number of benzene rings is 1. The summed E-state index contributed by atoms with van der Waals surface area (Å²) in [5, 5.41) is 14.4. The average molecular weight is 354 g/mol. The normalized spacial score (nSPS) is 10.2. The highest BCUT2D eigenvalue weighted by Gasteiger charge is 2.10. The van der Waals surface area contributed by atoms with Crippen LogP contribution in [0.4, 0.5) is 0 Å². The summed E-state index contributed by atoms with van der Waals surface area (Å²) in [6.07, 6.45) is 0.296. The van der Waals surface area contributed by atoms with Crippen LogP contribution in [-0.4, -0.2) is 25.1 Å². The van der Waals surface area contributed by atoms with Gasteiger partial charge in [-0.2, -0.15) is 5.26 Å². The number of nitriles is 1. The highest BCUT2D eigenvalue weighted by atomic mass is 79.9. The standard InChI is InChI=1S/C15H20BrN3O2/c1-11(2)19-9-12-5-3-6-13(16)15(12)21-10-14(20)18-8-4-7-17/h3,5-6,11,19H,4,8-10H2,1-2H3,(H,18,20). The third-order valence-corrected chi connectivity index (χ3v) is 3.28. The molecule has 6 heteroatoms. The van der Waals surface area contributed by atoms with Crippen molar-refractivity contribution in [1.29, 1.82) is 5.26 Å². The van der Waals surface area contributed by atoms with Crippen LogP contribution in [0.3, 0.4) is 0 Å². The molecule has 0 unspecified atom stereocenters. The summed E-state index contributed by atoms with van der Waals surface area (Å²) in [7, 11) is 0. The van der Waals surface area contributed by atoms with Crippen LogP contribution < -0.4 is 15.4 Å². The number of nitrogens with zero attached hydrogens (tertiary/aromatic N) is 1. The van der Waals surface area contributed by atoms with Crippen molar-refractivity contribution in [3.05, 3.63) is 28.2 Å². The minimum Gasteiger partial charge on any atom is -0.482 e. The van der Waals surface area contributed by atoms with Gasteiger partial charge in [0.15, 0.2) is 6.61 Å². The van der Waals surface area contributed by atoms with Gasteiger partial charge in [-0.15, -0.1) is 0 Å². The Labute approximate surface area is 133 Å². The van der Waals surface area contributed by atoms with Crippen LogP contribution in [0.5, 0.6) is 5.75 Å². The maximum atomic E-state index is 11.6. The summed E-state index contributed by atoms with van der Waals surface area (Å²) in [6.45, 7) is 5.09. The van der Waals surface area contributed by atoms with Crippen LogP contribution in [0, 0.1) is 11.3 Å². The number of para-hydroxylation sites is 1. The molecule has 0 saturated carbocycles. The minimum absolute atomic E-state index is 0.0667. The van der Waals surface area contributed by atoms with Crippen molar-refractivity contribution in [1.82, 2.24) is 10.6 Å². The van der Waals surface area contributed by atoms with E-state index in [2.05, 4.69) is 40.4 Å². The van der Waals surface area contributed by atoms with Crippen LogP contribution >= 0.6 is 15.9 Å². The summed E-state index contributed by atoms with van der Waals surface area (Å²) in [5.74, 6) is 0.435. The van der Waals surface area contributed by atoms with Crippen LogP contribution in [0.2, 0.25) is 0 Å². The van der Waals surface area contributed by atoms with Crippen LogP contribution in [0.15, 0.2) is 22.7 Å². The first-order valence-electron chi connectivity index (χ1n) is 6.81. The molecule has 0 radical (unpaired) electrons. The van der Waals surface area contributed by atoms with Gasteiger partial charge in [-0.25, -0.2) is 0 Å². The highest BCUT2D eigenvalue weighted by molar-refractivity contribution is 9.10. The van der Waals surface area contributed by atoms with Crippen LogP contribution in [0.25, 0.3) is 0 Å². The summed E-state index contributed by atoms with van der Waals surface area (Å²) in [5.41, 5.74) is 0.989. The predicted molar refractivity (Wildman–Crippen MR) is 84.9 cm³/mol. The molecule has 2 N–H and O–H groups in total. The van der Waals surface area contributed by atoms with Crippen molar-refractivity contribution >= 4 is 21.8 Å². The van der Waals surface area contributed by atoms with Gasteiger partial charge >= 0.3 is 0 Å². The van der Waals surface area contributed by atoms with Crippen molar-refractivity contribution in [2.45, 2.75) is 32.9 Å². The molecule has 0 aliphatic carbocycles. The zero-order valence-corrected chi connectivity index (χ0v) is 13.9. The molecule has 1 aromatic carbocycles. The van der Waals surface area contributed by atoms with E-state index in [1.165, 1.54) is 0 Å². The van der Waals surface area contributed by atoms with E-state index in [-0.39, 0.29) is 12.5 Å². The average Bonchev–Trinajstić information content (AvgIpc) is 2.44. The lowest BCUT2D eigenvalue weighted by atomic mass is 10.2. The smallest absolute Gasteiger partial charge is 0.257 e. The lowest BCUT2D eigenvalue weighted by Crippen LogP contribution is -2.30.